The number of amides is 1. The van der Waals surface area contributed by atoms with Gasteiger partial charge in [-0.2, -0.15) is 0 Å². The number of carbonyl (C=O) groups excluding carboxylic acids is 1. The summed E-state index contributed by atoms with van der Waals surface area (Å²) in [5.41, 5.74) is 3.40. The van der Waals surface area contributed by atoms with Gasteiger partial charge >= 0.3 is 0 Å². The lowest BCUT2D eigenvalue weighted by Crippen LogP contribution is -2.13. The van der Waals surface area contributed by atoms with Crippen molar-refractivity contribution in [2.24, 2.45) is 0 Å². The van der Waals surface area contributed by atoms with E-state index >= 15 is 0 Å². The fourth-order valence-electron chi connectivity index (χ4n) is 2.47. The molecule has 3 aromatic rings. The summed E-state index contributed by atoms with van der Waals surface area (Å²) in [6.07, 6.45) is 6.96. The summed E-state index contributed by atoms with van der Waals surface area (Å²) >= 11 is 0. The number of hydrogen-bond acceptors (Lipinski definition) is 2. The SMILES string of the molecule is CCCCc1ccc(C(=O)Nc2cccc3[nH]ccc23)nc1. The van der Waals surface area contributed by atoms with Crippen LogP contribution in [0.2, 0.25) is 0 Å². The zero-order chi connectivity index (χ0) is 15.4. The second-order valence-electron chi connectivity index (χ2n) is 5.35. The van der Waals surface area contributed by atoms with E-state index in [1.807, 2.05) is 36.5 Å². The molecule has 4 heteroatoms. The summed E-state index contributed by atoms with van der Waals surface area (Å²) in [5.74, 6) is -0.184. The van der Waals surface area contributed by atoms with Crippen LogP contribution in [0.3, 0.4) is 0 Å². The molecule has 2 aromatic heterocycles. The molecule has 0 aliphatic rings. The zero-order valence-corrected chi connectivity index (χ0v) is 12.6. The van der Waals surface area contributed by atoms with Crippen LogP contribution in [0.15, 0.2) is 48.8 Å². The third-order valence-electron chi connectivity index (χ3n) is 3.72. The van der Waals surface area contributed by atoms with E-state index in [1.54, 1.807) is 12.3 Å². The van der Waals surface area contributed by atoms with E-state index < -0.39 is 0 Å². The summed E-state index contributed by atoms with van der Waals surface area (Å²) in [7, 11) is 0. The van der Waals surface area contributed by atoms with Crippen LogP contribution in [0, 0.1) is 0 Å². The Balaban J connectivity index is 1.75. The molecule has 4 nitrogen and oxygen atoms in total. The van der Waals surface area contributed by atoms with E-state index in [0.717, 1.165) is 35.9 Å². The summed E-state index contributed by atoms with van der Waals surface area (Å²) in [6, 6.07) is 11.5. The summed E-state index contributed by atoms with van der Waals surface area (Å²) in [6.45, 7) is 2.16. The molecule has 1 aromatic carbocycles. The molecule has 112 valence electrons. The van der Waals surface area contributed by atoms with Crippen molar-refractivity contribution >= 4 is 22.5 Å². The van der Waals surface area contributed by atoms with E-state index in [-0.39, 0.29) is 5.91 Å². The average molecular weight is 293 g/mol. The van der Waals surface area contributed by atoms with Crippen LogP contribution >= 0.6 is 0 Å². The molecule has 0 atom stereocenters. The lowest BCUT2D eigenvalue weighted by molar-refractivity contribution is 0.102. The Morgan fingerprint density at radius 1 is 1.23 bits per heavy atom. The van der Waals surface area contributed by atoms with E-state index in [0.29, 0.717) is 5.69 Å². The number of fused-ring (bicyclic) bond motifs is 1. The van der Waals surface area contributed by atoms with Crippen molar-refractivity contribution in [3.63, 3.8) is 0 Å². The highest BCUT2D eigenvalue weighted by molar-refractivity contribution is 6.07. The monoisotopic (exact) mass is 293 g/mol. The molecule has 1 amide bonds. The molecule has 2 N–H and O–H groups in total. The number of nitrogens with one attached hydrogen (secondary N) is 2. The summed E-state index contributed by atoms with van der Waals surface area (Å²) in [5, 5.41) is 3.92. The van der Waals surface area contributed by atoms with Gasteiger partial charge in [0.25, 0.3) is 5.91 Å². The fraction of sp³-hybridized carbons (Fsp3) is 0.222. The third kappa shape index (κ3) is 3.01. The van der Waals surface area contributed by atoms with Crippen LogP contribution in [0.4, 0.5) is 5.69 Å². The molecule has 0 bridgehead atoms. The number of rotatable bonds is 5. The number of aryl methyl sites for hydroxylation is 1. The zero-order valence-electron chi connectivity index (χ0n) is 12.6. The van der Waals surface area contributed by atoms with Crippen LogP contribution in [-0.4, -0.2) is 15.9 Å². The highest BCUT2D eigenvalue weighted by Gasteiger charge is 2.10. The van der Waals surface area contributed by atoms with Gasteiger partial charge in [0.05, 0.1) is 5.69 Å². The Hall–Kier alpha value is -2.62. The van der Waals surface area contributed by atoms with E-state index in [4.69, 9.17) is 0 Å². The van der Waals surface area contributed by atoms with Crippen LogP contribution in [0.1, 0.15) is 35.8 Å². The number of carbonyl (C=O) groups is 1. The number of anilines is 1. The molecule has 0 saturated carbocycles. The van der Waals surface area contributed by atoms with Crippen molar-refractivity contribution in [1.29, 1.82) is 0 Å². The number of pyridine rings is 1. The van der Waals surface area contributed by atoms with Crippen molar-refractivity contribution in [3.05, 3.63) is 60.0 Å². The molecule has 0 radical (unpaired) electrons. The first-order chi connectivity index (χ1) is 10.8. The predicted octanol–water partition coefficient (Wildman–Crippen LogP) is 4.16. The minimum Gasteiger partial charge on any atom is -0.361 e. The molecule has 0 spiro atoms. The first-order valence-electron chi connectivity index (χ1n) is 7.60. The second kappa shape index (κ2) is 6.43. The Labute approximate surface area is 129 Å². The standard InChI is InChI=1S/C18H19N3O/c1-2-3-5-13-8-9-17(20-12-13)18(22)21-16-7-4-6-15-14(16)10-11-19-15/h4,6-12,19H,2-3,5H2,1H3,(H,21,22). The lowest BCUT2D eigenvalue weighted by atomic mass is 10.1. The van der Waals surface area contributed by atoms with Gasteiger partial charge in [-0.3, -0.25) is 9.78 Å². The van der Waals surface area contributed by atoms with E-state index in [1.165, 1.54) is 5.56 Å². The normalized spacial score (nSPS) is 10.8. The highest BCUT2D eigenvalue weighted by atomic mass is 16.1. The highest BCUT2D eigenvalue weighted by Crippen LogP contribution is 2.22. The molecule has 2 heterocycles. The van der Waals surface area contributed by atoms with Crippen LogP contribution < -0.4 is 5.32 Å². The smallest absolute Gasteiger partial charge is 0.274 e. The Morgan fingerprint density at radius 2 is 2.14 bits per heavy atom. The lowest BCUT2D eigenvalue weighted by Gasteiger charge is -2.07. The van der Waals surface area contributed by atoms with Crippen molar-refractivity contribution in [2.75, 3.05) is 5.32 Å². The van der Waals surface area contributed by atoms with E-state index in [9.17, 15) is 4.79 Å². The van der Waals surface area contributed by atoms with E-state index in [2.05, 4.69) is 22.2 Å². The number of H-pyrrole nitrogens is 1. The van der Waals surface area contributed by atoms with Crippen LogP contribution in [0.5, 0.6) is 0 Å². The van der Waals surface area contributed by atoms with Gasteiger partial charge in [0, 0.05) is 23.3 Å². The van der Waals surface area contributed by atoms with Gasteiger partial charge < -0.3 is 10.3 Å². The minimum atomic E-state index is -0.184. The molecule has 0 fully saturated rings. The van der Waals surface area contributed by atoms with Crippen molar-refractivity contribution in [2.45, 2.75) is 26.2 Å². The average Bonchev–Trinajstić information content (AvgIpc) is 3.03. The third-order valence-corrected chi connectivity index (χ3v) is 3.72. The molecular formula is C18H19N3O. The van der Waals surface area contributed by atoms with Gasteiger partial charge in [-0.1, -0.05) is 25.5 Å². The second-order valence-corrected chi connectivity index (χ2v) is 5.35. The number of nitrogens with zero attached hydrogens (tertiary/aromatic N) is 1. The number of unbranched alkanes of at least 4 members (excludes halogenated alkanes) is 1. The molecule has 0 aliphatic heterocycles. The molecule has 0 aliphatic carbocycles. The van der Waals surface area contributed by atoms with Gasteiger partial charge in [0.1, 0.15) is 5.69 Å². The maximum absolute atomic E-state index is 12.3. The largest absolute Gasteiger partial charge is 0.361 e. The summed E-state index contributed by atoms with van der Waals surface area (Å²) in [4.78, 5) is 19.7. The fourth-order valence-corrected chi connectivity index (χ4v) is 2.47. The van der Waals surface area contributed by atoms with Gasteiger partial charge in [0.2, 0.25) is 0 Å². The molecule has 0 unspecified atom stereocenters. The van der Waals surface area contributed by atoms with Gasteiger partial charge in [-0.15, -0.1) is 0 Å². The maximum Gasteiger partial charge on any atom is 0.274 e. The number of aromatic nitrogens is 2. The first-order valence-corrected chi connectivity index (χ1v) is 7.60. The maximum atomic E-state index is 12.3. The number of hydrogen-bond donors (Lipinski definition) is 2. The van der Waals surface area contributed by atoms with Crippen molar-refractivity contribution in [3.8, 4) is 0 Å². The van der Waals surface area contributed by atoms with Gasteiger partial charge in [-0.25, -0.2) is 0 Å². The molecule has 3 rings (SSSR count). The Bertz CT molecular complexity index is 774. The van der Waals surface area contributed by atoms with Crippen LogP contribution in [-0.2, 0) is 6.42 Å². The molecular weight excluding hydrogens is 274 g/mol. The minimum absolute atomic E-state index is 0.184. The Kier molecular flexibility index (Phi) is 4.19. The first kappa shape index (κ1) is 14.3. The van der Waals surface area contributed by atoms with Crippen LogP contribution in [0.25, 0.3) is 10.9 Å². The van der Waals surface area contributed by atoms with Crippen molar-refractivity contribution in [1.82, 2.24) is 9.97 Å². The number of benzene rings is 1. The van der Waals surface area contributed by atoms with Gasteiger partial charge in [-0.05, 0) is 42.7 Å². The Morgan fingerprint density at radius 3 is 2.91 bits per heavy atom. The number of aromatic amines is 1. The topological polar surface area (TPSA) is 57.8 Å². The predicted molar refractivity (Wildman–Crippen MR) is 89.1 cm³/mol. The van der Waals surface area contributed by atoms with Gasteiger partial charge in [0.15, 0.2) is 0 Å². The molecule has 0 saturated heterocycles. The van der Waals surface area contributed by atoms with Crippen molar-refractivity contribution < 1.29 is 4.79 Å². The quantitative estimate of drug-likeness (QED) is 0.742. The summed E-state index contributed by atoms with van der Waals surface area (Å²) < 4.78 is 0. The molecule has 22 heavy (non-hydrogen) atoms.